The number of nitrogens with zero attached hydrogens (tertiary/aromatic N) is 2. The van der Waals surface area contributed by atoms with Crippen LogP contribution in [0.15, 0.2) is 54.6 Å². The summed E-state index contributed by atoms with van der Waals surface area (Å²) in [5, 5.41) is 0. The number of hydrogen-bond donors (Lipinski definition) is 0. The second kappa shape index (κ2) is 8.30. The third-order valence-corrected chi connectivity index (χ3v) is 5.15. The topological polar surface area (TPSA) is 23.6 Å². The van der Waals surface area contributed by atoms with Gasteiger partial charge in [0.05, 0.1) is 5.92 Å². The number of rotatable bonds is 5. The summed E-state index contributed by atoms with van der Waals surface area (Å²) in [5.74, 6) is 0.393. The molecule has 0 radical (unpaired) electrons. The van der Waals surface area contributed by atoms with Crippen molar-refractivity contribution >= 4 is 5.91 Å². The first-order valence-electron chi connectivity index (χ1n) is 9.19. The first kappa shape index (κ1) is 17.7. The van der Waals surface area contributed by atoms with Gasteiger partial charge < -0.3 is 4.90 Å². The van der Waals surface area contributed by atoms with Crippen molar-refractivity contribution in [3.05, 3.63) is 71.3 Å². The van der Waals surface area contributed by atoms with E-state index in [1.807, 2.05) is 30.1 Å². The fourth-order valence-corrected chi connectivity index (χ4v) is 3.68. The van der Waals surface area contributed by atoms with E-state index in [0.717, 1.165) is 32.5 Å². The monoisotopic (exact) mass is 336 g/mol. The van der Waals surface area contributed by atoms with Crippen molar-refractivity contribution in [2.45, 2.75) is 32.9 Å². The van der Waals surface area contributed by atoms with E-state index in [2.05, 4.69) is 48.2 Å². The Labute approximate surface area is 151 Å². The molecule has 0 N–H and O–H groups in total. The molecule has 2 aromatic carbocycles. The van der Waals surface area contributed by atoms with E-state index in [-0.39, 0.29) is 11.8 Å². The van der Waals surface area contributed by atoms with Crippen molar-refractivity contribution in [2.75, 3.05) is 20.1 Å². The van der Waals surface area contributed by atoms with Gasteiger partial charge in [-0.25, -0.2) is 0 Å². The van der Waals surface area contributed by atoms with Crippen LogP contribution >= 0.6 is 0 Å². The van der Waals surface area contributed by atoms with E-state index in [0.29, 0.717) is 6.54 Å². The molecule has 0 aromatic heterocycles. The first-order chi connectivity index (χ1) is 12.1. The molecule has 0 aliphatic carbocycles. The minimum absolute atomic E-state index is 0.117. The van der Waals surface area contributed by atoms with Crippen molar-refractivity contribution in [1.82, 2.24) is 9.80 Å². The van der Waals surface area contributed by atoms with Crippen molar-refractivity contribution in [3.8, 4) is 0 Å². The minimum Gasteiger partial charge on any atom is -0.341 e. The van der Waals surface area contributed by atoms with Crippen LogP contribution in [0.1, 0.15) is 29.5 Å². The zero-order valence-corrected chi connectivity index (χ0v) is 15.3. The Balaban J connectivity index is 1.58. The molecule has 25 heavy (non-hydrogen) atoms. The average Bonchev–Trinajstić information content (AvgIpc) is 2.64. The summed E-state index contributed by atoms with van der Waals surface area (Å²) >= 11 is 0. The van der Waals surface area contributed by atoms with Gasteiger partial charge in [0.2, 0.25) is 5.91 Å². The van der Waals surface area contributed by atoms with Gasteiger partial charge in [-0.1, -0.05) is 54.6 Å². The van der Waals surface area contributed by atoms with Crippen molar-refractivity contribution in [1.29, 1.82) is 0 Å². The molecule has 1 aliphatic rings. The maximum absolute atomic E-state index is 12.9. The highest BCUT2D eigenvalue weighted by Gasteiger charge is 2.28. The van der Waals surface area contributed by atoms with Crippen LogP contribution in [0.25, 0.3) is 0 Å². The Bertz CT molecular complexity index is 698. The highest BCUT2D eigenvalue weighted by atomic mass is 16.2. The molecule has 0 saturated carbocycles. The number of likely N-dealkylation sites (tertiary alicyclic amines) is 1. The lowest BCUT2D eigenvalue weighted by Gasteiger charge is -2.34. The van der Waals surface area contributed by atoms with Gasteiger partial charge in [0, 0.05) is 26.7 Å². The first-order valence-corrected chi connectivity index (χ1v) is 9.19. The second-order valence-corrected chi connectivity index (χ2v) is 7.18. The molecular formula is C22H28N2O. The number of piperidine rings is 1. The highest BCUT2D eigenvalue weighted by Crippen LogP contribution is 2.22. The largest absolute Gasteiger partial charge is 0.341 e. The van der Waals surface area contributed by atoms with Gasteiger partial charge in [0.25, 0.3) is 0 Å². The van der Waals surface area contributed by atoms with E-state index in [4.69, 9.17) is 0 Å². The van der Waals surface area contributed by atoms with E-state index in [1.54, 1.807) is 0 Å². The Morgan fingerprint density at radius 2 is 1.84 bits per heavy atom. The van der Waals surface area contributed by atoms with Gasteiger partial charge >= 0.3 is 0 Å². The van der Waals surface area contributed by atoms with Crippen LogP contribution in [-0.2, 0) is 17.9 Å². The summed E-state index contributed by atoms with van der Waals surface area (Å²) in [4.78, 5) is 17.2. The van der Waals surface area contributed by atoms with Crippen LogP contribution in [0, 0.1) is 12.8 Å². The summed E-state index contributed by atoms with van der Waals surface area (Å²) in [5.41, 5.74) is 3.89. The van der Waals surface area contributed by atoms with Gasteiger partial charge in [-0.3, -0.25) is 9.69 Å². The molecule has 0 spiro atoms. The number of amides is 1. The normalized spacial score (nSPS) is 18.1. The van der Waals surface area contributed by atoms with E-state index >= 15 is 0 Å². The van der Waals surface area contributed by atoms with Crippen LogP contribution in [-0.4, -0.2) is 35.8 Å². The predicted octanol–water partition coefficient (Wildman–Crippen LogP) is 3.87. The van der Waals surface area contributed by atoms with E-state index < -0.39 is 0 Å². The zero-order valence-electron chi connectivity index (χ0n) is 15.3. The van der Waals surface area contributed by atoms with Gasteiger partial charge in [-0.05, 0) is 43.0 Å². The number of carbonyl (C=O) groups is 1. The van der Waals surface area contributed by atoms with Gasteiger partial charge in [0.1, 0.15) is 0 Å². The van der Waals surface area contributed by atoms with Crippen LogP contribution in [0.2, 0.25) is 0 Å². The molecule has 1 aliphatic heterocycles. The molecule has 1 amide bonds. The summed E-state index contributed by atoms with van der Waals surface area (Å²) in [7, 11) is 1.93. The highest BCUT2D eigenvalue weighted by molar-refractivity contribution is 5.78. The maximum atomic E-state index is 12.9. The van der Waals surface area contributed by atoms with Crippen LogP contribution in [0.3, 0.4) is 0 Å². The van der Waals surface area contributed by atoms with Gasteiger partial charge in [-0.2, -0.15) is 0 Å². The van der Waals surface area contributed by atoms with Crippen molar-refractivity contribution < 1.29 is 4.79 Å². The predicted molar refractivity (Wildman–Crippen MR) is 102 cm³/mol. The maximum Gasteiger partial charge on any atom is 0.227 e. The van der Waals surface area contributed by atoms with Crippen molar-refractivity contribution in [2.24, 2.45) is 5.92 Å². The summed E-state index contributed by atoms with van der Waals surface area (Å²) < 4.78 is 0. The standard InChI is InChI=1S/C22H28N2O/c1-18-9-6-7-12-20(18)16-24-14-8-13-21(17-24)22(25)23(2)15-19-10-4-3-5-11-19/h3-7,9-12,21H,8,13-17H2,1-2H3/t21-/m0/s1. The number of benzene rings is 2. The summed E-state index contributed by atoms with van der Waals surface area (Å²) in [6, 6.07) is 18.8. The SMILES string of the molecule is Cc1ccccc1CN1CCC[C@H](C(=O)N(C)Cc2ccccc2)C1. The number of aryl methyl sites for hydroxylation is 1. The average molecular weight is 336 g/mol. The zero-order chi connectivity index (χ0) is 17.6. The van der Waals surface area contributed by atoms with Gasteiger partial charge in [0.15, 0.2) is 0 Å². The molecular weight excluding hydrogens is 308 g/mol. The Morgan fingerprint density at radius 1 is 1.12 bits per heavy atom. The summed E-state index contributed by atoms with van der Waals surface area (Å²) in [6.07, 6.45) is 2.10. The molecule has 1 heterocycles. The molecule has 0 unspecified atom stereocenters. The second-order valence-electron chi connectivity index (χ2n) is 7.18. The number of carbonyl (C=O) groups excluding carboxylic acids is 1. The molecule has 3 heteroatoms. The fraction of sp³-hybridized carbons (Fsp3) is 0.409. The molecule has 3 rings (SSSR count). The third kappa shape index (κ3) is 4.70. The van der Waals surface area contributed by atoms with Crippen LogP contribution in [0.4, 0.5) is 0 Å². The van der Waals surface area contributed by atoms with Crippen molar-refractivity contribution in [3.63, 3.8) is 0 Å². The lowest BCUT2D eigenvalue weighted by Crippen LogP contribution is -2.43. The lowest BCUT2D eigenvalue weighted by atomic mass is 9.95. The van der Waals surface area contributed by atoms with Crippen LogP contribution < -0.4 is 0 Å². The molecule has 132 valence electrons. The van der Waals surface area contributed by atoms with Gasteiger partial charge in [-0.15, -0.1) is 0 Å². The van der Waals surface area contributed by atoms with E-state index in [9.17, 15) is 4.79 Å². The third-order valence-electron chi connectivity index (χ3n) is 5.15. The minimum atomic E-state index is 0.117. The Morgan fingerprint density at radius 3 is 2.60 bits per heavy atom. The Kier molecular flexibility index (Phi) is 5.87. The summed E-state index contributed by atoms with van der Waals surface area (Å²) in [6.45, 7) is 5.75. The fourth-order valence-electron chi connectivity index (χ4n) is 3.68. The quantitative estimate of drug-likeness (QED) is 0.827. The lowest BCUT2D eigenvalue weighted by molar-refractivity contribution is -0.136. The molecule has 1 fully saturated rings. The molecule has 1 saturated heterocycles. The smallest absolute Gasteiger partial charge is 0.227 e. The molecule has 2 aromatic rings. The molecule has 0 bridgehead atoms. The number of hydrogen-bond acceptors (Lipinski definition) is 2. The van der Waals surface area contributed by atoms with E-state index in [1.165, 1.54) is 16.7 Å². The molecule has 1 atom stereocenters. The van der Waals surface area contributed by atoms with Crippen LogP contribution in [0.5, 0.6) is 0 Å². The molecule has 3 nitrogen and oxygen atoms in total. The Hall–Kier alpha value is -2.13.